The van der Waals surface area contributed by atoms with Crippen molar-refractivity contribution >= 4 is 11.5 Å². The Morgan fingerprint density at radius 1 is 1.03 bits per heavy atom. The molecule has 164 valence electrons. The number of rotatable bonds is 4. The van der Waals surface area contributed by atoms with Gasteiger partial charge in [0.25, 0.3) is 6.43 Å². The Kier molecular flexibility index (Phi) is 4.99. The summed E-state index contributed by atoms with van der Waals surface area (Å²) < 4.78 is 45.1. The zero-order chi connectivity index (χ0) is 21.5. The summed E-state index contributed by atoms with van der Waals surface area (Å²) in [6.45, 7) is 6.30. The number of aromatic nitrogens is 4. The van der Waals surface area contributed by atoms with E-state index in [0.29, 0.717) is 43.5 Å². The van der Waals surface area contributed by atoms with Crippen LogP contribution < -0.4 is 19.1 Å². The highest BCUT2D eigenvalue weighted by Gasteiger charge is 2.26. The van der Waals surface area contributed by atoms with Crippen molar-refractivity contribution in [2.24, 2.45) is 0 Å². The minimum absolute atomic E-state index is 0.0514. The van der Waals surface area contributed by atoms with Crippen LogP contribution in [0.2, 0.25) is 0 Å². The van der Waals surface area contributed by atoms with Crippen LogP contribution >= 0.6 is 0 Å². The molecule has 10 heteroatoms. The van der Waals surface area contributed by atoms with Gasteiger partial charge in [-0.3, -0.25) is 0 Å². The van der Waals surface area contributed by atoms with Gasteiger partial charge in [-0.1, -0.05) is 0 Å². The molecular weight excluding hydrogens is 408 g/mol. The van der Waals surface area contributed by atoms with Gasteiger partial charge in [0.1, 0.15) is 25.1 Å². The topological polar surface area (TPSA) is 74.0 Å². The fourth-order valence-electron chi connectivity index (χ4n) is 4.04. The highest BCUT2D eigenvalue weighted by Crippen LogP contribution is 2.35. The van der Waals surface area contributed by atoms with E-state index >= 15 is 0 Å². The number of anilines is 1. The van der Waals surface area contributed by atoms with Gasteiger partial charge in [-0.25, -0.2) is 8.78 Å². The fraction of sp³-hybridized carbons (Fsp3) is 0.476. The number of fused-ring (bicyclic) bond motifs is 2. The second-order valence-electron chi connectivity index (χ2n) is 7.78. The second-order valence-corrected chi connectivity index (χ2v) is 7.78. The van der Waals surface area contributed by atoms with Crippen molar-refractivity contribution in [3.63, 3.8) is 0 Å². The Hall–Kier alpha value is -3.17. The number of alkyl halides is 2. The molecule has 1 aromatic carbocycles. The summed E-state index contributed by atoms with van der Waals surface area (Å²) in [5.74, 6) is 2.44. The van der Waals surface area contributed by atoms with E-state index in [1.165, 1.54) is 4.52 Å². The minimum Gasteiger partial charge on any atom is -0.490 e. The first-order chi connectivity index (χ1) is 15.0. The number of hydrogen-bond acceptors (Lipinski definition) is 7. The van der Waals surface area contributed by atoms with Crippen molar-refractivity contribution in [2.45, 2.75) is 39.2 Å². The average molecular weight is 431 g/mol. The number of aryl methyl sites for hydroxylation is 1. The summed E-state index contributed by atoms with van der Waals surface area (Å²) >= 11 is 0. The Balaban J connectivity index is 1.31. The van der Waals surface area contributed by atoms with Crippen LogP contribution in [0.5, 0.6) is 17.2 Å². The third kappa shape index (κ3) is 3.60. The molecule has 2 aromatic heterocycles. The van der Waals surface area contributed by atoms with Crippen molar-refractivity contribution in [2.75, 3.05) is 31.2 Å². The van der Waals surface area contributed by atoms with Gasteiger partial charge in [0.2, 0.25) is 5.82 Å². The molecule has 0 atom stereocenters. The number of halogens is 2. The van der Waals surface area contributed by atoms with E-state index in [1.54, 1.807) is 0 Å². The predicted octanol–water partition coefficient (Wildman–Crippen LogP) is 3.50. The van der Waals surface area contributed by atoms with E-state index in [0.717, 1.165) is 35.5 Å². The second kappa shape index (κ2) is 7.82. The molecule has 1 saturated heterocycles. The molecule has 0 amide bonds. The summed E-state index contributed by atoms with van der Waals surface area (Å²) in [6.07, 6.45) is -1.11. The number of benzene rings is 1. The normalized spacial score (nSPS) is 16.9. The molecule has 0 aliphatic carbocycles. The van der Waals surface area contributed by atoms with E-state index in [9.17, 15) is 8.78 Å². The lowest BCUT2D eigenvalue weighted by Crippen LogP contribution is -2.39. The molecule has 0 bridgehead atoms. The minimum atomic E-state index is -2.73. The maximum absolute atomic E-state index is 13.3. The van der Waals surface area contributed by atoms with Crippen LogP contribution in [0.25, 0.3) is 5.65 Å². The molecule has 2 aliphatic rings. The monoisotopic (exact) mass is 431 g/mol. The number of nitrogens with zero attached hydrogens (tertiary/aromatic N) is 5. The highest BCUT2D eigenvalue weighted by atomic mass is 19.3. The summed E-state index contributed by atoms with van der Waals surface area (Å²) in [4.78, 5) is 2.11. The van der Waals surface area contributed by atoms with Gasteiger partial charge in [0.15, 0.2) is 23.0 Å². The summed E-state index contributed by atoms with van der Waals surface area (Å²) in [5.41, 5.74) is 2.10. The molecule has 2 aliphatic heterocycles. The molecule has 5 rings (SSSR count). The van der Waals surface area contributed by atoms with Crippen molar-refractivity contribution in [3.8, 4) is 17.2 Å². The Labute approximate surface area is 177 Å². The smallest absolute Gasteiger partial charge is 0.299 e. The third-order valence-corrected chi connectivity index (χ3v) is 5.85. The van der Waals surface area contributed by atoms with E-state index in [2.05, 4.69) is 20.2 Å². The van der Waals surface area contributed by atoms with Crippen LogP contribution in [0, 0.1) is 13.8 Å². The first kappa shape index (κ1) is 19.8. The SMILES string of the molecule is Cc1c(N2CCC(Oc3ccc4c(c3)OCCO4)CC2)nn2c(C(F)F)nnc2c1C. The molecule has 8 nitrogen and oxygen atoms in total. The van der Waals surface area contributed by atoms with E-state index < -0.39 is 12.2 Å². The van der Waals surface area contributed by atoms with Crippen molar-refractivity contribution in [1.29, 1.82) is 0 Å². The maximum atomic E-state index is 13.3. The third-order valence-electron chi connectivity index (χ3n) is 5.85. The van der Waals surface area contributed by atoms with E-state index in [4.69, 9.17) is 14.2 Å². The lowest BCUT2D eigenvalue weighted by atomic mass is 10.1. The number of hydrogen-bond donors (Lipinski definition) is 0. The van der Waals surface area contributed by atoms with Gasteiger partial charge in [-0.2, -0.15) is 4.52 Å². The zero-order valence-electron chi connectivity index (χ0n) is 17.3. The molecule has 0 radical (unpaired) electrons. The molecule has 3 aromatic rings. The van der Waals surface area contributed by atoms with Crippen molar-refractivity contribution < 1.29 is 23.0 Å². The molecular formula is C21H23F2N5O3. The molecule has 0 unspecified atom stereocenters. The van der Waals surface area contributed by atoms with Gasteiger partial charge in [0.05, 0.1) is 0 Å². The largest absolute Gasteiger partial charge is 0.490 e. The predicted molar refractivity (Wildman–Crippen MR) is 109 cm³/mol. The standard InChI is InChI=1S/C21H23F2N5O3/c1-12-13(2)20(26-28-19(12)24-25-21(28)18(22)23)27-7-5-14(6-8-27)31-15-3-4-16-17(11-15)30-10-9-29-16/h3-4,11,14,18H,5-10H2,1-2H3. The number of piperidine rings is 1. The summed E-state index contributed by atoms with van der Waals surface area (Å²) in [7, 11) is 0. The van der Waals surface area contributed by atoms with E-state index in [-0.39, 0.29) is 6.10 Å². The van der Waals surface area contributed by atoms with Crippen LogP contribution in [-0.4, -0.2) is 52.2 Å². The Bertz CT molecular complexity index is 1110. The first-order valence-corrected chi connectivity index (χ1v) is 10.3. The van der Waals surface area contributed by atoms with Crippen molar-refractivity contribution in [1.82, 2.24) is 19.8 Å². The van der Waals surface area contributed by atoms with Crippen LogP contribution in [0.3, 0.4) is 0 Å². The Morgan fingerprint density at radius 3 is 2.52 bits per heavy atom. The van der Waals surface area contributed by atoms with Gasteiger partial charge in [0, 0.05) is 43.1 Å². The van der Waals surface area contributed by atoms with Crippen LogP contribution in [0.15, 0.2) is 18.2 Å². The van der Waals surface area contributed by atoms with E-state index in [1.807, 2.05) is 32.0 Å². The van der Waals surface area contributed by atoms with Gasteiger partial charge < -0.3 is 19.1 Å². The van der Waals surface area contributed by atoms with Gasteiger partial charge in [-0.05, 0) is 26.0 Å². The quantitative estimate of drug-likeness (QED) is 0.626. The van der Waals surface area contributed by atoms with Crippen LogP contribution in [0.4, 0.5) is 14.6 Å². The molecule has 0 saturated carbocycles. The molecule has 0 spiro atoms. The average Bonchev–Trinajstić information content (AvgIpc) is 3.21. The van der Waals surface area contributed by atoms with Crippen LogP contribution in [-0.2, 0) is 0 Å². The molecule has 1 fully saturated rings. The first-order valence-electron chi connectivity index (χ1n) is 10.3. The highest BCUT2D eigenvalue weighted by molar-refractivity contribution is 5.59. The van der Waals surface area contributed by atoms with Gasteiger partial charge in [-0.15, -0.1) is 15.3 Å². The summed E-state index contributed by atoms with van der Waals surface area (Å²) in [5, 5.41) is 12.0. The molecule has 0 N–H and O–H groups in total. The fourth-order valence-corrected chi connectivity index (χ4v) is 4.04. The summed E-state index contributed by atoms with van der Waals surface area (Å²) in [6, 6.07) is 5.62. The van der Waals surface area contributed by atoms with Gasteiger partial charge >= 0.3 is 0 Å². The molecule has 4 heterocycles. The lowest BCUT2D eigenvalue weighted by Gasteiger charge is -2.34. The Morgan fingerprint density at radius 2 is 1.77 bits per heavy atom. The zero-order valence-corrected chi connectivity index (χ0v) is 17.3. The van der Waals surface area contributed by atoms with Crippen molar-refractivity contribution in [3.05, 3.63) is 35.2 Å². The molecule has 31 heavy (non-hydrogen) atoms. The number of ether oxygens (including phenoxy) is 3. The maximum Gasteiger partial charge on any atom is 0.299 e. The lowest BCUT2D eigenvalue weighted by molar-refractivity contribution is 0.137. The van der Waals surface area contributed by atoms with Crippen LogP contribution in [0.1, 0.15) is 36.2 Å².